The number of nitrogens with zero attached hydrogens (tertiary/aromatic N) is 3. The fraction of sp³-hybridized carbons (Fsp3) is 0.300. The number of anilines is 2. The van der Waals surface area contributed by atoms with E-state index in [1.54, 1.807) is 4.68 Å². The maximum absolute atomic E-state index is 11.3. The van der Waals surface area contributed by atoms with Crippen LogP contribution in [0, 0.1) is 0 Å². The highest BCUT2D eigenvalue weighted by Crippen LogP contribution is 2.21. The molecule has 0 saturated heterocycles. The summed E-state index contributed by atoms with van der Waals surface area (Å²) in [7, 11) is 1.83. The van der Waals surface area contributed by atoms with Crippen molar-refractivity contribution < 1.29 is 0 Å². The van der Waals surface area contributed by atoms with Gasteiger partial charge in [0.05, 0.1) is 17.7 Å². The number of aromatic amines is 1. The summed E-state index contributed by atoms with van der Waals surface area (Å²) in [4.78, 5) is 17.7. The number of nitrogens with one attached hydrogen (secondary N) is 2. The first-order valence-corrected chi connectivity index (χ1v) is 5.52. The van der Waals surface area contributed by atoms with Crippen molar-refractivity contribution in [2.75, 3.05) is 5.32 Å². The molecule has 17 heavy (non-hydrogen) atoms. The van der Waals surface area contributed by atoms with Crippen molar-refractivity contribution in [3.63, 3.8) is 0 Å². The van der Waals surface area contributed by atoms with E-state index in [0.29, 0.717) is 5.82 Å². The van der Waals surface area contributed by atoms with Crippen molar-refractivity contribution in [3.8, 4) is 0 Å². The molecule has 7 heteroatoms. The van der Waals surface area contributed by atoms with E-state index in [2.05, 4.69) is 20.4 Å². The lowest BCUT2D eigenvalue weighted by molar-refractivity contribution is 0.746. The second kappa shape index (κ2) is 4.58. The lowest BCUT2D eigenvalue weighted by atomic mass is 10.3. The monoisotopic (exact) mass is 253 g/mol. The summed E-state index contributed by atoms with van der Waals surface area (Å²) in [5, 5.41) is 7.32. The highest BCUT2D eigenvalue weighted by Gasteiger charge is 2.10. The third-order valence-corrected chi connectivity index (χ3v) is 2.64. The Morgan fingerprint density at radius 1 is 1.59 bits per heavy atom. The van der Waals surface area contributed by atoms with Gasteiger partial charge in [-0.2, -0.15) is 5.10 Å². The molecule has 0 spiro atoms. The van der Waals surface area contributed by atoms with Crippen LogP contribution in [0.5, 0.6) is 0 Å². The van der Waals surface area contributed by atoms with Crippen LogP contribution in [-0.2, 0) is 13.5 Å². The van der Waals surface area contributed by atoms with Gasteiger partial charge >= 0.3 is 0 Å². The largest absolute Gasteiger partial charge is 0.336 e. The molecule has 2 aromatic rings. The molecule has 0 radical (unpaired) electrons. The summed E-state index contributed by atoms with van der Waals surface area (Å²) in [5.74, 6) is 0.332. The maximum atomic E-state index is 11.3. The van der Waals surface area contributed by atoms with E-state index in [0.717, 1.165) is 17.8 Å². The highest BCUT2D eigenvalue weighted by molar-refractivity contribution is 6.32. The van der Waals surface area contributed by atoms with E-state index in [1.165, 1.54) is 6.33 Å². The van der Waals surface area contributed by atoms with E-state index in [9.17, 15) is 4.79 Å². The molecule has 2 rings (SSSR count). The van der Waals surface area contributed by atoms with Crippen LogP contribution in [0.15, 0.2) is 17.3 Å². The fourth-order valence-electron chi connectivity index (χ4n) is 1.50. The molecule has 0 aliphatic carbocycles. The maximum Gasteiger partial charge on any atom is 0.271 e. The number of rotatable bonds is 3. The molecule has 2 aromatic heterocycles. The lowest BCUT2D eigenvalue weighted by Gasteiger charge is -2.04. The number of halogens is 1. The number of hydrogen-bond donors (Lipinski definition) is 2. The average molecular weight is 254 g/mol. The lowest BCUT2D eigenvalue weighted by Crippen LogP contribution is -2.09. The van der Waals surface area contributed by atoms with Crippen molar-refractivity contribution in [1.29, 1.82) is 0 Å². The summed E-state index contributed by atoms with van der Waals surface area (Å²) >= 11 is 5.85. The molecule has 0 aromatic carbocycles. The summed E-state index contributed by atoms with van der Waals surface area (Å²) in [6.45, 7) is 2.00. The first-order chi connectivity index (χ1) is 8.11. The molecule has 0 unspecified atom stereocenters. The van der Waals surface area contributed by atoms with Crippen molar-refractivity contribution in [1.82, 2.24) is 19.7 Å². The van der Waals surface area contributed by atoms with Gasteiger partial charge < -0.3 is 10.3 Å². The second-order valence-corrected chi connectivity index (χ2v) is 3.91. The molecule has 0 amide bonds. The third-order valence-electron chi connectivity index (χ3n) is 2.29. The SMILES string of the molecule is CCc1nn(C)cc1Nc1nc[nH]c(=O)c1Cl. The molecule has 0 saturated carbocycles. The van der Waals surface area contributed by atoms with Gasteiger partial charge in [0.15, 0.2) is 5.82 Å². The summed E-state index contributed by atoms with van der Waals surface area (Å²) in [6.07, 6.45) is 3.90. The van der Waals surface area contributed by atoms with Gasteiger partial charge in [-0.05, 0) is 6.42 Å². The number of aromatic nitrogens is 4. The van der Waals surface area contributed by atoms with Crippen LogP contribution in [0.25, 0.3) is 0 Å². The predicted molar refractivity (Wildman–Crippen MR) is 65.7 cm³/mol. The van der Waals surface area contributed by atoms with Gasteiger partial charge in [0.2, 0.25) is 0 Å². The molecular weight excluding hydrogens is 242 g/mol. The van der Waals surface area contributed by atoms with Crippen molar-refractivity contribution in [2.24, 2.45) is 7.05 Å². The van der Waals surface area contributed by atoms with Crippen LogP contribution in [0.1, 0.15) is 12.6 Å². The minimum atomic E-state index is -0.369. The average Bonchev–Trinajstić information content (AvgIpc) is 2.65. The van der Waals surface area contributed by atoms with Crippen LogP contribution >= 0.6 is 11.6 Å². The normalized spacial score (nSPS) is 10.5. The van der Waals surface area contributed by atoms with Crippen LogP contribution in [0.3, 0.4) is 0 Å². The molecule has 2 heterocycles. The Bertz CT molecular complexity index is 589. The van der Waals surface area contributed by atoms with Crippen LogP contribution in [0.4, 0.5) is 11.5 Å². The zero-order chi connectivity index (χ0) is 12.4. The molecule has 0 aliphatic heterocycles. The van der Waals surface area contributed by atoms with Crippen LogP contribution in [0.2, 0.25) is 5.02 Å². The number of hydrogen-bond acceptors (Lipinski definition) is 4. The second-order valence-electron chi connectivity index (χ2n) is 3.54. The van der Waals surface area contributed by atoms with Gasteiger partial charge in [-0.15, -0.1) is 0 Å². The van der Waals surface area contributed by atoms with E-state index < -0.39 is 0 Å². The molecule has 0 aliphatic rings. The molecular formula is C10H12ClN5O. The quantitative estimate of drug-likeness (QED) is 0.868. The number of H-pyrrole nitrogens is 1. The van der Waals surface area contributed by atoms with E-state index in [-0.39, 0.29) is 10.6 Å². The highest BCUT2D eigenvalue weighted by atomic mass is 35.5. The first kappa shape index (κ1) is 11.7. The summed E-state index contributed by atoms with van der Waals surface area (Å²) in [6, 6.07) is 0. The Morgan fingerprint density at radius 2 is 2.35 bits per heavy atom. The Kier molecular flexibility index (Phi) is 3.14. The van der Waals surface area contributed by atoms with Gasteiger partial charge in [0.1, 0.15) is 5.02 Å². The first-order valence-electron chi connectivity index (χ1n) is 5.14. The topological polar surface area (TPSA) is 75.6 Å². The van der Waals surface area contributed by atoms with Gasteiger partial charge in [-0.3, -0.25) is 9.48 Å². The zero-order valence-electron chi connectivity index (χ0n) is 9.49. The Morgan fingerprint density at radius 3 is 3.06 bits per heavy atom. The van der Waals surface area contributed by atoms with Gasteiger partial charge in [-0.1, -0.05) is 18.5 Å². The van der Waals surface area contributed by atoms with Crippen molar-refractivity contribution in [3.05, 3.63) is 33.6 Å². The van der Waals surface area contributed by atoms with Crippen molar-refractivity contribution in [2.45, 2.75) is 13.3 Å². The van der Waals surface area contributed by atoms with Gasteiger partial charge in [0, 0.05) is 13.2 Å². The minimum absolute atomic E-state index is 0.0402. The Balaban J connectivity index is 2.37. The van der Waals surface area contributed by atoms with Crippen LogP contribution < -0.4 is 10.9 Å². The molecule has 6 nitrogen and oxygen atoms in total. The van der Waals surface area contributed by atoms with Crippen molar-refractivity contribution >= 4 is 23.1 Å². The zero-order valence-corrected chi connectivity index (χ0v) is 10.2. The standard InChI is InChI=1S/C10H12ClN5O/c1-3-6-7(4-16(2)15-6)14-9-8(11)10(17)13-5-12-9/h4-5H,3H2,1-2H3,(H2,12,13,14,17). The van der Waals surface area contributed by atoms with Gasteiger partial charge in [-0.25, -0.2) is 4.98 Å². The smallest absolute Gasteiger partial charge is 0.271 e. The Labute approximate surface area is 103 Å². The fourth-order valence-corrected chi connectivity index (χ4v) is 1.65. The van der Waals surface area contributed by atoms with E-state index in [1.807, 2.05) is 20.2 Å². The molecule has 2 N–H and O–H groups in total. The predicted octanol–water partition coefficient (Wildman–Crippen LogP) is 1.46. The molecule has 0 atom stereocenters. The van der Waals surface area contributed by atoms with Crippen LogP contribution in [-0.4, -0.2) is 19.7 Å². The Hall–Kier alpha value is -1.82. The molecule has 90 valence electrons. The van der Waals surface area contributed by atoms with Gasteiger partial charge in [0.25, 0.3) is 5.56 Å². The molecule has 0 bridgehead atoms. The van der Waals surface area contributed by atoms with E-state index >= 15 is 0 Å². The summed E-state index contributed by atoms with van der Waals surface area (Å²) < 4.78 is 1.70. The number of aryl methyl sites for hydroxylation is 2. The summed E-state index contributed by atoms with van der Waals surface area (Å²) in [5.41, 5.74) is 1.33. The third kappa shape index (κ3) is 2.31. The van der Waals surface area contributed by atoms with E-state index in [4.69, 9.17) is 11.6 Å². The molecule has 0 fully saturated rings. The minimum Gasteiger partial charge on any atom is -0.336 e.